The van der Waals surface area contributed by atoms with E-state index in [0.717, 1.165) is 25.2 Å². The number of piperazine rings is 1. The van der Waals surface area contributed by atoms with Crippen LogP contribution in [0.4, 0.5) is 0 Å². The fraction of sp³-hybridized carbons (Fsp3) is 0.545. The van der Waals surface area contributed by atoms with Crippen LogP contribution in [0.2, 0.25) is 0 Å². The largest absolute Gasteiger partial charge is 0.506 e. The number of nitrogens with one attached hydrogen (secondary N) is 2. The summed E-state index contributed by atoms with van der Waals surface area (Å²) in [6.07, 6.45) is 1.63. The Balaban J connectivity index is 2.39. The maximum Gasteiger partial charge on any atom is 0.141 e. The van der Waals surface area contributed by atoms with E-state index in [4.69, 9.17) is 0 Å². The van der Waals surface area contributed by atoms with Crippen LogP contribution < -0.4 is 10.6 Å². The van der Waals surface area contributed by atoms with E-state index in [1.165, 1.54) is 0 Å². The van der Waals surface area contributed by atoms with Gasteiger partial charge in [0.25, 0.3) is 0 Å². The molecule has 88 valence electrons. The molecule has 1 aliphatic rings. The molecule has 0 amide bonds. The first-order chi connectivity index (χ1) is 7.74. The summed E-state index contributed by atoms with van der Waals surface area (Å²) in [6.45, 7) is 4.20. The average Bonchev–Trinajstić information content (AvgIpc) is 2.33. The van der Waals surface area contributed by atoms with Crippen molar-refractivity contribution in [2.75, 3.05) is 19.6 Å². The minimum Gasteiger partial charge on any atom is -0.506 e. The van der Waals surface area contributed by atoms with Crippen LogP contribution in [0.1, 0.15) is 22.9 Å². The third-order valence-electron chi connectivity index (χ3n) is 2.92. The second-order valence-electron chi connectivity index (χ2n) is 4.00. The highest BCUT2D eigenvalue weighted by molar-refractivity contribution is 5.43. The number of aliphatic hydroxyl groups excluding tert-OH is 1. The Bertz CT molecular complexity index is 376. The van der Waals surface area contributed by atoms with Gasteiger partial charge < -0.3 is 20.8 Å². The molecule has 0 unspecified atom stereocenters. The SMILES string of the molecule is Cc1ncc(CO)c([C@@H]2CNCCN2)c1O. The first kappa shape index (κ1) is 11.3. The van der Waals surface area contributed by atoms with Gasteiger partial charge in [0, 0.05) is 43.0 Å². The number of aliphatic hydroxyl groups is 1. The number of nitrogens with zero attached hydrogens (tertiary/aromatic N) is 1. The predicted octanol–water partition coefficient (Wildman–Crippen LogP) is -0.178. The van der Waals surface area contributed by atoms with Crippen molar-refractivity contribution in [3.8, 4) is 5.75 Å². The lowest BCUT2D eigenvalue weighted by Gasteiger charge is -2.27. The molecule has 4 N–H and O–H groups in total. The number of aromatic nitrogens is 1. The average molecular weight is 223 g/mol. The van der Waals surface area contributed by atoms with Gasteiger partial charge in [0.05, 0.1) is 12.3 Å². The van der Waals surface area contributed by atoms with E-state index in [1.54, 1.807) is 13.1 Å². The normalized spacial score (nSPS) is 21.0. The monoisotopic (exact) mass is 223 g/mol. The molecule has 5 heteroatoms. The lowest BCUT2D eigenvalue weighted by atomic mass is 9.99. The maximum atomic E-state index is 10.0. The van der Waals surface area contributed by atoms with Gasteiger partial charge in [0.15, 0.2) is 0 Å². The van der Waals surface area contributed by atoms with Gasteiger partial charge in [-0.1, -0.05) is 0 Å². The van der Waals surface area contributed by atoms with E-state index in [-0.39, 0.29) is 18.4 Å². The summed E-state index contributed by atoms with van der Waals surface area (Å²) in [7, 11) is 0. The highest BCUT2D eigenvalue weighted by atomic mass is 16.3. The Labute approximate surface area is 94.5 Å². The first-order valence-corrected chi connectivity index (χ1v) is 5.46. The molecule has 0 radical (unpaired) electrons. The molecule has 5 nitrogen and oxygen atoms in total. The zero-order chi connectivity index (χ0) is 11.5. The summed E-state index contributed by atoms with van der Waals surface area (Å²) in [6, 6.07) is 0.0394. The van der Waals surface area contributed by atoms with Crippen LogP contribution in [0.15, 0.2) is 6.20 Å². The molecule has 2 heterocycles. The zero-order valence-electron chi connectivity index (χ0n) is 9.32. The molecule has 0 bridgehead atoms. The first-order valence-electron chi connectivity index (χ1n) is 5.46. The number of pyridine rings is 1. The summed E-state index contributed by atoms with van der Waals surface area (Å²) >= 11 is 0. The minimum atomic E-state index is -0.103. The van der Waals surface area contributed by atoms with Crippen molar-refractivity contribution in [1.29, 1.82) is 0 Å². The Morgan fingerprint density at radius 1 is 1.50 bits per heavy atom. The quantitative estimate of drug-likeness (QED) is 0.559. The Kier molecular flexibility index (Phi) is 3.38. The summed E-state index contributed by atoms with van der Waals surface area (Å²) in [5.41, 5.74) is 2.05. The van der Waals surface area contributed by atoms with Crippen molar-refractivity contribution < 1.29 is 10.2 Å². The summed E-state index contributed by atoms with van der Waals surface area (Å²) in [5, 5.41) is 25.9. The van der Waals surface area contributed by atoms with Crippen molar-refractivity contribution >= 4 is 0 Å². The molecule has 2 rings (SSSR count). The number of hydrogen-bond donors (Lipinski definition) is 4. The van der Waals surface area contributed by atoms with Crippen LogP contribution in [-0.4, -0.2) is 34.8 Å². The lowest BCUT2D eigenvalue weighted by molar-refractivity contribution is 0.276. The van der Waals surface area contributed by atoms with E-state index >= 15 is 0 Å². The zero-order valence-corrected chi connectivity index (χ0v) is 9.32. The van der Waals surface area contributed by atoms with Crippen LogP contribution in [0.5, 0.6) is 5.75 Å². The van der Waals surface area contributed by atoms with Gasteiger partial charge in [0.1, 0.15) is 5.75 Å². The third-order valence-corrected chi connectivity index (χ3v) is 2.92. The molecule has 1 aromatic heterocycles. The molecule has 0 spiro atoms. The van der Waals surface area contributed by atoms with E-state index in [9.17, 15) is 10.2 Å². The van der Waals surface area contributed by atoms with Crippen molar-refractivity contribution in [2.45, 2.75) is 19.6 Å². The molecule has 1 saturated heterocycles. The minimum absolute atomic E-state index is 0.0394. The molecule has 0 aromatic carbocycles. The summed E-state index contributed by atoms with van der Waals surface area (Å²) in [5.74, 6) is 0.188. The lowest BCUT2D eigenvalue weighted by Crippen LogP contribution is -2.43. The van der Waals surface area contributed by atoms with E-state index < -0.39 is 0 Å². The van der Waals surface area contributed by atoms with Crippen LogP contribution in [-0.2, 0) is 6.61 Å². The van der Waals surface area contributed by atoms with Crippen LogP contribution in [0, 0.1) is 6.92 Å². The van der Waals surface area contributed by atoms with Gasteiger partial charge in [-0.2, -0.15) is 0 Å². The van der Waals surface area contributed by atoms with E-state index in [1.807, 2.05) is 0 Å². The molecule has 0 saturated carbocycles. The third kappa shape index (κ3) is 2.02. The Morgan fingerprint density at radius 3 is 2.94 bits per heavy atom. The van der Waals surface area contributed by atoms with Crippen LogP contribution in [0.3, 0.4) is 0 Å². The van der Waals surface area contributed by atoms with Gasteiger partial charge in [-0.05, 0) is 6.92 Å². The van der Waals surface area contributed by atoms with Crippen molar-refractivity contribution in [1.82, 2.24) is 15.6 Å². The summed E-state index contributed by atoms with van der Waals surface area (Å²) in [4.78, 5) is 4.05. The second-order valence-corrected chi connectivity index (χ2v) is 4.00. The molecule has 16 heavy (non-hydrogen) atoms. The molecule has 1 aliphatic heterocycles. The van der Waals surface area contributed by atoms with Gasteiger partial charge in [-0.25, -0.2) is 0 Å². The van der Waals surface area contributed by atoms with E-state index in [2.05, 4.69) is 15.6 Å². The van der Waals surface area contributed by atoms with E-state index in [0.29, 0.717) is 11.3 Å². The standard InChI is InChI=1S/C11H17N3O2/c1-7-11(16)10(8(6-15)4-14-7)9-5-12-2-3-13-9/h4,9,12-13,15-16H,2-3,5-6H2,1H3/t9-/m0/s1. The highest BCUT2D eigenvalue weighted by Gasteiger charge is 2.22. The second kappa shape index (κ2) is 4.78. The van der Waals surface area contributed by atoms with Gasteiger partial charge in [-0.15, -0.1) is 0 Å². The fourth-order valence-corrected chi connectivity index (χ4v) is 2.02. The number of aromatic hydroxyl groups is 1. The van der Waals surface area contributed by atoms with Crippen LogP contribution >= 0.6 is 0 Å². The molecule has 1 fully saturated rings. The Hall–Kier alpha value is -1.17. The number of aryl methyl sites for hydroxylation is 1. The predicted molar refractivity (Wildman–Crippen MR) is 60.2 cm³/mol. The smallest absolute Gasteiger partial charge is 0.141 e. The van der Waals surface area contributed by atoms with Gasteiger partial charge in [-0.3, -0.25) is 4.98 Å². The van der Waals surface area contributed by atoms with Crippen molar-refractivity contribution in [3.05, 3.63) is 23.0 Å². The maximum absolute atomic E-state index is 10.0. The topological polar surface area (TPSA) is 77.4 Å². The molecule has 1 atom stereocenters. The molecule has 1 aromatic rings. The number of hydrogen-bond acceptors (Lipinski definition) is 5. The molecular weight excluding hydrogens is 206 g/mol. The van der Waals surface area contributed by atoms with Crippen molar-refractivity contribution in [3.63, 3.8) is 0 Å². The fourth-order valence-electron chi connectivity index (χ4n) is 2.02. The molecular formula is C11H17N3O2. The highest BCUT2D eigenvalue weighted by Crippen LogP contribution is 2.30. The Morgan fingerprint density at radius 2 is 2.31 bits per heavy atom. The van der Waals surface area contributed by atoms with Crippen LogP contribution in [0.25, 0.3) is 0 Å². The number of rotatable bonds is 2. The van der Waals surface area contributed by atoms with Gasteiger partial charge >= 0.3 is 0 Å². The van der Waals surface area contributed by atoms with Crippen molar-refractivity contribution in [2.24, 2.45) is 0 Å². The summed E-state index contributed by atoms with van der Waals surface area (Å²) < 4.78 is 0. The molecule has 0 aliphatic carbocycles. The van der Waals surface area contributed by atoms with Gasteiger partial charge in [0.2, 0.25) is 0 Å².